The number of ether oxygens (including phenoxy) is 1. The molecule has 0 fully saturated rings. The number of rotatable bonds is 5. The molecule has 1 aliphatic heterocycles. The van der Waals surface area contributed by atoms with Crippen LogP contribution in [0.25, 0.3) is 0 Å². The summed E-state index contributed by atoms with van der Waals surface area (Å²) in [5.41, 5.74) is 3.63. The Bertz CT molecular complexity index is 386. The number of nitrogens with one attached hydrogen (secondary N) is 1. The van der Waals surface area contributed by atoms with E-state index in [0.29, 0.717) is 0 Å². The highest BCUT2D eigenvalue weighted by molar-refractivity contribution is 5.49. The summed E-state index contributed by atoms with van der Waals surface area (Å²) in [6.07, 6.45) is 0.963. The molecule has 1 aliphatic rings. The fourth-order valence-electron chi connectivity index (χ4n) is 1.89. The molecule has 1 atom stereocenters. The molecular formula is C14H21NO2. The van der Waals surface area contributed by atoms with Crippen molar-refractivity contribution < 1.29 is 9.84 Å². The quantitative estimate of drug-likeness (QED) is 0.824. The van der Waals surface area contributed by atoms with Crippen LogP contribution in [0, 0.1) is 5.41 Å². The first-order chi connectivity index (χ1) is 8.17. The molecule has 1 unspecified atom stereocenters. The molecule has 3 nitrogen and oxygen atoms in total. The second-order valence-electron chi connectivity index (χ2n) is 5.15. The SMILES string of the molecule is CCC(C)(CO)CNc1ccc2c(c1)COC2. The van der Waals surface area contributed by atoms with Gasteiger partial charge in [0.1, 0.15) is 0 Å². The maximum Gasteiger partial charge on any atom is 0.0725 e. The number of aliphatic hydroxyl groups excluding tert-OH is 1. The van der Waals surface area contributed by atoms with Crippen LogP contribution in [0.3, 0.4) is 0 Å². The van der Waals surface area contributed by atoms with Crippen LogP contribution in [-0.2, 0) is 18.0 Å². The molecule has 3 heteroatoms. The predicted molar refractivity (Wildman–Crippen MR) is 68.9 cm³/mol. The van der Waals surface area contributed by atoms with Gasteiger partial charge in [-0.1, -0.05) is 19.9 Å². The Kier molecular flexibility index (Phi) is 3.69. The van der Waals surface area contributed by atoms with Gasteiger partial charge in [0.15, 0.2) is 0 Å². The van der Waals surface area contributed by atoms with Crippen LogP contribution in [-0.4, -0.2) is 18.3 Å². The van der Waals surface area contributed by atoms with Crippen molar-refractivity contribution in [2.24, 2.45) is 5.41 Å². The highest BCUT2D eigenvalue weighted by atomic mass is 16.5. The van der Waals surface area contributed by atoms with Crippen LogP contribution in [0.4, 0.5) is 5.69 Å². The number of aliphatic hydroxyl groups is 1. The zero-order valence-electron chi connectivity index (χ0n) is 10.6. The average Bonchev–Trinajstić information content (AvgIpc) is 2.83. The fourth-order valence-corrected chi connectivity index (χ4v) is 1.89. The van der Waals surface area contributed by atoms with Crippen LogP contribution in [0.2, 0.25) is 0 Å². The monoisotopic (exact) mass is 235 g/mol. The normalized spacial score (nSPS) is 17.6. The van der Waals surface area contributed by atoms with E-state index in [4.69, 9.17) is 4.74 Å². The first-order valence-electron chi connectivity index (χ1n) is 6.21. The third kappa shape index (κ3) is 2.79. The van der Waals surface area contributed by atoms with Gasteiger partial charge in [-0.3, -0.25) is 0 Å². The molecule has 0 bridgehead atoms. The van der Waals surface area contributed by atoms with Gasteiger partial charge < -0.3 is 15.2 Å². The van der Waals surface area contributed by atoms with Gasteiger partial charge in [-0.25, -0.2) is 0 Å². The lowest BCUT2D eigenvalue weighted by Crippen LogP contribution is -2.29. The zero-order valence-corrected chi connectivity index (χ0v) is 10.6. The lowest BCUT2D eigenvalue weighted by atomic mass is 9.88. The smallest absolute Gasteiger partial charge is 0.0725 e. The predicted octanol–water partition coefficient (Wildman–Crippen LogP) is 2.54. The van der Waals surface area contributed by atoms with E-state index in [1.807, 2.05) is 0 Å². The van der Waals surface area contributed by atoms with Gasteiger partial charge in [0.05, 0.1) is 19.8 Å². The summed E-state index contributed by atoms with van der Waals surface area (Å²) in [6, 6.07) is 6.35. The Labute approximate surface area is 103 Å². The highest BCUT2D eigenvalue weighted by Gasteiger charge is 2.20. The summed E-state index contributed by atoms with van der Waals surface area (Å²) in [4.78, 5) is 0. The van der Waals surface area contributed by atoms with Crippen LogP contribution in [0.15, 0.2) is 18.2 Å². The minimum Gasteiger partial charge on any atom is -0.396 e. The molecule has 17 heavy (non-hydrogen) atoms. The van der Waals surface area contributed by atoms with Crippen LogP contribution >= 0.6 is 0 Å². The van der Waals surface area contributed by atoms with Gasteiger partial charge in [-0.05, 0) is 29.7 Å². The average molecular weight is 235 g/mol. The minimum absolute atomic E-state index is 0.0461. The summed E-state index contributed by atoms with van der Waals surface area (Å²) in [6.45, 7) is 6.66. The largest absolute Gasteiger partial charge is 0.396 e. The van der Waals surface area contributed by atoms with E-state index < -0.39 is 0 Å². The summed E-state index contributed by atoms with van der Waals surface area (Å²) in [5, 5.41) is 12.8. The van der Waals surface area contributed by atoms with E-state index in [2.05, 4.69) is 37.4 Å². The second kappa shape index (κ2) is 5.07. The number of anilines is 1. The van der Waals surface area contributed by atoms with Crippen LogP contribution < -0.4 is 5.32 Å². The molecule has 0 amide bonds. The molecule has 0 aromatic heterocycles. The standard InChI is InChI=1S/C14H21NO2/c1-3-14(2,10-16)9-15-13-5-4-11-7-17-8-12(11)6-13/h4-6,15-16H,3,7-10H2,1-2H3. The number of benzene rings is 1. The molecule has 1 aromatic rings. The maximum absolute atomic E-state index is 9.36. The van der Waals surface area contributed by atoms with Gasteiger partial charge in [-0.2, -0.15) is 0 Å². The molecule has 94 valence electrons. The Morgan fingerprint density at radius 1 is 1.35 bits per heavy atom. The van der Waals surface area contributed by atoms with Gasteiger partial charge in [-0.15, -0.1) is 0 Å². The Morgan fingerprint density at radius 3 is 2.82 bits per heavy atom. The maximum atomic E-state index is 9.36. The lowest BCUT2D eigenvalue weighted by molar-refractivity contribution is 0.134. The number of fused-ring (bicyclic) bond motifs is 1. The number of hydrogen-bond acceptors (Lipinski definition) is 3. The van der Waals surface area contributed by atoms with E-state index in [1.54, 1.807) is 0 Å². The topological polar surface area (TPSA) is 41.5 Å². The molecule has 2 rings (SSSR count). The number of hydrogen-bond donors (Lipinski definition) is 2. The Balaban J connectivity index is 2.00. The van der Waals surface area contributed by atoms with Crippen molar-refractivity contribution in [3.05, 3.63) is 29.3 Å². The van der Waals surface area contributed by atoms with Crippen molar-refractivity contribution >= 4 is 5.69 Å². The van der Waals surface area contributed by atoms with Crippen molar-refractivity contribution in [1.29, 1.82) is 0 Å². The molecule has 1 heterocycles. The summed E-state index contributed by atoms with van der Waals surface area (Å²) >= 11 is 0. The molecule has 2 N–H and O–H groups in total. The van der Waals surface area contributed by atoms with E-state index in [-0.39, 0.29) is 12.0 Å². The van der Waals surface area contributed by atoms with Gasteiger partial charge in [0.2, 0.25) is 0 Å². The molecular weight excluding hydrogens is 214 g/mol. The molecule has 0 radical (unpaired) electrons. The van der Waals surface area contributed by atoms with Crippen molar-refractivity contribution in [1.82, 2.24) is 0 Å². The zero-order chi connectivity index (χ0) is 12.3. The molecule has 0 saturated heterocycles. The van der Waals surface area contributed by atoms with Crippen molar-refractivity contribution in [3.8, 4) is 0 Å². The highest BCUT2D eigenvalue weighted by Crippen LogP contribution is 2.25. The lowest BCUT2D eigenvalue weighted by Gasteiger charge is -2.26. The first kappa shape index (κ1) is 12.4. The Hall–Kier alpha value is -1.06. The summed E-state index contributed by atoms with van der Waals surface area (Å²) in [5.74, 6) is 0. The minimum atomic E-state index is -0.0461. The second-order valence-corrected chi connectivity index (χ2v) is 5.15. The van der Waals surface area contributed by atoms with Gasteiger partial charge in [0, 0.05) is 17.6 Å². The van der Waals surface area contributed by atoms with E-state index in [9.17, 15) is 5.11 Å². The molecule has 0 saturated carbocycles. The third-order valence-electron chi connectivity index (χ3n) is 3.68. The molecule has 0 spiro atoms. The molecule has 1 aromatic carbocycles. The van der Waals surface area contributed by atoms with Crippen molar-refractivity contribution in [3.63, 3.8) is 0 Å². The summed E-state index contributed by atoms with van der Waals surface area (Å²) in [7, 11) is 0. The van der Waals surface area contributed by atoms with E-state index in [0.717, 1.165) is 31.9 Å². The van der Waals surface area contributed by atoms with Gasteiger partial charge in [0.25, 0.3) is 0 Å². The van der Waals surface area contributed by atoms with Crippen molar-refractivity contribution in [2.45, 2.75) is 33.5 Å². The van der Waals surface area contributed by atoms with Crippen LogP contribution in [0.1, 0.15) is 31.4 Å². The van der Waals surface area contributed by atoms with E-state index >= 15 is 0 Å². The van der Waals surface area contributed by atoms with Crippen molar-refractivity contribution in [2.75, 3.05) is 18.5 Å². The molecule has 0 aliphatic carbocycles. The first-order valence-corrected chi connectivity index (χ1v) is 6.21. The van der Waals surface area contributed by atoms with Gasteiger partial charge >= 0.3 is 0 Å². The summed E-state index contributed by atoms with van der Waals surface area (Å²) < 4.78 is 5.39. The third-order valence-corrected chi connectivity index (χ3v) is 3.68. The Morgan fingerprint density at radius 2 is 2.12 bits per heavy atom. The van der Waals surface area contributed by atoms with Crippen LogP contribution in [0.5, 0.6) is 0 Å². The fraction of sp³-hybridized carbons (Fsp3) is 0.571. The van der Waals surface area contributed by atoms with E-state index in [1.165, 1.54) is 11.1 Å².